The van der Waals surface area contributed by atoms with Crippen LogP contribution in [0, 0.1) is 0 Å². The van der Waals surface area contributed by atoms with E-state index < -0.39 is 0 Å². The van der Waals surface area contributed by atoms with Crippen molar-refractivity contribution >= 4 is 32.8 Å². The third kappa shape index (κ3) is 3.41. The van der Waals surface area contributed by atoms with Crippen molar-refractivity contribution in [1.29, 1.82) is 0 Å². The highest BCUT2D eigenvalue weighted by atomic mass is 79.9. The molecule has 4 nitrogen and oxygen atoms in total. The molecule has 1 unspecified atom stereocenters. The minimum Gasteiger partial charge on any atom is -0.450 e. The van der Waals surface area contributed by atoms with Crippen LogP contribution in [0.3, 0.4) is 0 Å². The third-order valence-corrected chi connectivity index (χ3v) is 3.87. The highest BCUT2D eigenvalue weighted by Gasteiger charge is 2.16. The van der Waals surface area contributed by atoms with Gasteiger partial charge in [-0.2, -0.15) is 0 Å². The highest BCUT2D eigenvalue weighted by molar-refractivity contribution is 9.10. The standard InChI is InChI=1S/C15H19BrN2O2/c1-2-3-6-11(9-17)18-15(19)13-8-10-5-4-7-12(16)14(10)20-13/h4-5,7-8,11H,2-3,6,9,17H2,1H3,(H,18,19). The molecule has 2 rings (SSSR count). The molecule has 3 N–H and O–H groups in total. The van der Waals surface area contributed by atoms with Crippen LogP contribution >= 0.6 is 15.9 Å². The van der Waals surface area contributed by atoms with Crippen molar-refractivity contribution in [1.82, 2.24) is 5.32 Å². The number of nitrogens with two attached hydrogens (primary N) is 1. The normalized spacial score (nSPS) is 12.6. The molecule has 108 valence electrons. The fourth-order valence-electron chi connectivity index (χ4n) is 2.10. The van der Waals surface area contributed by atoms with Crippen LogP contribution in [0.5, 0.6) is 0 Å². The first kappa shape index (κ1) is 15.1. The maximum absolute atomic E-state index is 12.2. The average molecular weight is 339 g/mol. The van der Waals surface area contributed by atoms with Crippen molar-refractivity contribution in [3.63, 3.8) is 0 Å². The van der Waals surface area contributed by atoms with Crippen molar-refractivity contribution in [2.24, 2.45) is 5.73 Å². The van der Waals surface area contributed by atoms with Gasteiger partial charge in [0.2, 0.25) is 0 Å². The number of rotatable bonds is 6. The molecule has 0 bridgehead atoms. The lowest BCUT2D eigenvalue weighted by atomic mass is 10.1. The maximum Gasteiger partial charge on any atom is 0.287 e. The summed E-state index contributed by atoms with van der Waals surface area (Å²) < 4.78 is 6.45. The Morgan fingerprint density at radius 2 is 2.30 bits per heavy atom. The molecule has 1 aromatic carbocycles. The van der Waals surface area contributed by atoms with Gasteiger partial charge in [0.05, 0.1) is 4.47 Å². The molecule has 1 aromatic heterocycles. The van der Waals surface area contributed by atoms with E-state index in [-0.39, 0.29) is 11.9 Å². The van der Waals surface area contributed by atoms with Gasteiger partial charge < -0.3 is 15.5 Å². The third-order valence-electron chi connectivity index (χ3n) is 3.25. The summed E-state index contributed by atoms with van der Waals surface area (Å²) in [4.78, 5) is 12.2. The zero-order valence-electron chi connectivity index (χ0n) is 11.5. The fraction of sp³-hybridized carbons (Fsp3) is 0.400. The lowest BCUT2D eigenvalue weighted by Gasteiger charge is -2.15. The summed E-state index contributed by atoms with van der Waals surface area (Å²) in [6, 6.07) is 7.46. The maximum atomic E-state index is 12.2. The van der Waals surface area contributed by atoms with E-state index in [1.807, 2.05) is 18.2 Å². The molecule has 1 amide bonds. The van der Waals surface area contributed by atoms with Gasteiger partial charge in [-0.25, -0.2) is 0 Å². The van der Waals surface area contributed by atoms with Gasteiger partial charge >= 0.3 is 0 Å². The topological polar surface area (TPSA) is 68.3 Å². The van der Waals surface area contributed by atoms with E-state index in [4.69, 9.17) is 10.2 Å². The van der Waals surface area contributed by atoms with Gasteiger partial charge in [0.15, 0.2) is 5.76 Å². The summed E-state index contributed by atoms with van der Waals surface area (Å²) in [5.41, 5.74) is 6.38. The number of unbranched alkanes of at least 4 members (excludes halogenated alkanes) is 1. The van der Waals surface area contributed by atoms with Gasteiger partial charge in [0.25, 0.3) is 5.91 Å². The lowest BCUT2D eigenvalue weighted by molar-refractivity contribution is 0.0910. The van der Waals surface area contributed by atoms with Crippen LogP contribution in [0.15, 0.2) is 33.2 Å². The number of hydrogen-bond donors (Lipinski definition) is 2. The Balaban J connectivity index is 2.12. The number of furan rings is 1. The number of nitrogens with one attached hydrogen (secondary N) is 1. The van der Waals surface area contributed by atoms with Crippen LogP contribution in [0.2, 0.25) is 0 Å². The van der Waals surface area contributed by atoms with Crippen molar-refractivity contribution in [2.75, 3.05) is 6.54 Å². The van der Waals surface area contributed by atoms with Crippen LogP contribution < -0.4 is 11.1 Å². The molecule has 0 saturated heterocycles. The van der Waals surface area contributed by atoms with Crippen LogP contribution in [0.25, 0.3) is 11.0 Å². The van der Waals surface area contributed by atoms with Gasteiger partial charge in [0.1, 0.15) is 5.58 Å². The largest absolute Gasteiger partial charge is 0.450 e. The van der Waals surface area contributed by atoms with Gasteiger partial charge in [-0.05, 0) is 34.5 Å². The van der Waals surface area contributed by atoms with Crippen molar-refractivity contribution in [3.8, 4) is 0 Å². The van der Waals surface area contributed by atoms with Gasteiger partial charge in [-0.3, -0.25) is 4.79 Å². The Bertz CT molecular complexity index is 595. The van der Waals surface area contributed by atoms with E-state index in [1.54, 1.807) is 6.07 Å². The molecule has 0 radical (unpaired) electrons. The first-order valence-electron chi connectivity index (χ1n) is 6.84. The number of amides is 1. The lowest BCUT2D eigenvalue weighted by Crippen LogP contribution is -2.40. The molecule has 1 heterocycles. The van der Waals surface area contributed by atoms with E-state index >= 15 is 0 Å². The van der Waals surface area contributed by atoms with Gasteiger partial charge in [0, 0.05) is 18.0 Å². The summed E-state index contributed by atoms with van der Waals surface area (Å²) in [5, 5.41) is 3.83. The molecule has 0 saturated carbocycles. The second-order valence-electron chi connectivity index (χ2n) is 4.82. The molecule has 5 heteroatoms. The quantitative estimate of drug-likeness (QED) is 0.847. The van der Waals surface area contributed by atoms with E-state index in [0.29, 0.717) is 17.9 Å². The first-order chi connectivity index (χ1) is 9.65. The number of carbonyl (C=O) groups is 1. The summed E-state index contributed by atoms with van der Waals surface area (Å²) in [7, 11) is 0. The Labute approximate surface area is 126 Å². The number of hydrogen-bond acceptors (Lipinski definition) is 3. The van der Waals surface area contributed by atoms with Crippen molar-refractivity contribution < 1.29 is 9.21 Å². The predicted octanol–water partition coefficient (Wildman–Crippen LogP) is 3.44. The Kier molecular flexibility index (Phi) is 5.20. The SMILES string of the molecule is CCCCC(CN)NC(=O)c1cc2cccc(Br)c2o1. The van der Waals surface area contributed by atoms with Crippen molar-refractivity contribution in [3.05, 3.63) is 34.5 Å². The number of halogens is 1. The highest BCUT2D eigenvalue weighted by Crippen LogP contribution is 2.26. The van der Waals surface area contributed by atoms with Gasteiger partial charge in [-0.15, -0.1) is 0 Å². The number of para-hydroxylation sites is 1. The van der Waals surface area contributed by atoms with Gasteiger partial charge in [-0.1, -0.05) is 31.9 Å². The second-order valence-corrected chi connectivity index (χ2v) is 5.67. The zero-order chi connectivity index (χ0) is 14.5. The molecule has 2 aromatic rings. The van der Waals surface area contributed by atoms with Crippen LogP contribution in [-0.2, 0) is 0 Å². The summed E-state index contributed by atoms with van der Waals surface area (Å²) >= 11 is 3.41. The van der Waals surface area contributed by atoms with E-state index in [2.05, 4.69) is 28.2 Å². The minimum atomic E-state index is -0.209. The molecule has 0 spiro atoms. The first-order valence-corrected chi connectivity index (χ1v) is 7.64. The molecular weight excluding hydrogens is 320 g/mol. The Morgan fingerprint density at radius 1 is 1.50 bits per heavy atom. The Hall–Kier alpha value is -1.33. The molecule has 0 aliphatic carbocycles. The van der Waals surface area contributed by atoms with E-state index in [0.717, 1.165) is 29.1 Å². The van der Waals surface area contributed by atoms with E-state index in [1.165, 1.54) is 0 Å². The number of fused-ring (bicyclic) bond motifs is 1. The molecule has 0 aliphatic rings. The minimum absolute atomic E-state index is 0.000831. The summed E-state index contributed by atoms with van der Waals surface area (Å²) in [6.07, 6.45) is 3.03. The smallest absolute Gasteiger partial charge is 0.287 e. The summed E-state index contributed by atoms with van der Waals surface area (Å²) in [6.45, 7) is 2.56. The zero-order valence-corrected chi connectivity index (χ0v) is 13.1. The van der Waals surface area contributed by atoms with Crippen LogP contribution in [-0.4, -0.2) is 18.5 Å². The van der Waals surface area contributed by atoms with Crippen molar-refractivity contribution in [2.45, 2.75) is 32.2 Å². The average Bonchev–Trinajstić information content (AvgIpc) is 2.89. The fourth-order valence-corrected chi connectivity index (χ4v) is 2.56. The molecule has 20 heavy (non-hydrogen) atoms. The number of benzene rings is 1. The van der Waals surface area contributed by atoms with Crippen LogP contribution in [0.1, 0.15) is 36.7 Å². The molecule has 1 atom stereocenters. The Morgan fingerprint density at radius 3 is 2.95 bits per heavy atom. The summed E-state index contributed by atoms with van der Waals surface area (Å²) in [5.74, 6) is 0.113. The molecular formula is C15H19BrN2O2. The van der Waals surface area contributed by atoms with E-state index in [9.17, 15) is 4.79 Å². The molecule has 0 fully saturated rings. The number of carbonyl (C=O) groups excluding carboxylic acids is 1. The second kappa shape index (κ2) is 6.90. The predicted molar refractivity (Wildman–Crippen MR) is 83.7 cm³/mol. The monoisotopic (exact) mass is 338 g/mol. The molecule has 0 aliphatic heterocycles. The van der Waals surface area contributed by atoms with Crippen LogP contribution in [0.4, 0.5) is 0 Å².